The molecule has 4 heteroatoms. The summed E-state index contributed by atoms with van der Waals surface area (Å²) in [6, 6.07) is 8.39. The van der Waals surface area contributed by atoms with Crippen LogP contribution in [-0.4, -0.2) is 30.0 Å². The number of nitrogens with one attached hydrogen (secondary N) is 2. The molecule has 1 atom stereocenters. The van der Waals surface area contributed by atoms with Crippen LogP contribution in [0.5, 0.6) is 0 Å². The Morgan fingerprint density at radius 3 is 2.83 bits per heavy atom. The molecule has 1 fully saturated rings. The van der Waals surface area contributed by atoms with Crippen molar-refractivity contribution in [3.05, 3.63) is 41.1 Å². The number of pyridine rings is 1. The van der Waals surface area contributed by atoms with E-state index in [1.807, 2.05) is 19.1 Å². The molecule has 23 heavy (non-hydrogen) atoms. The predicted molar refractivity (Wildman–Crippen MR) is 93.9 cm³/mol. The van der Waals surface area contributed by atoms with Gasteiger partial charge in [0.05, 0.1) is 11.1 Å². The number of nitrogens with zero attached hydrogens (tertiary/aromatic N) is 1. The monoisotopic (exact) mass is 311 g/mol. The fourth-order valence-corrected chi connectivity index (χ4v) is 2.90. The van der Waals surface area contributed by atoms with Gasteiger partial charge in [0.25, 0.3) is 5.91 Å². The summed E-state index contributed by atoms with van der Waals surface area (Å²) in [4.78, 5) is 17.5. The molecule has 1 amide bonds. The summed E-state index contributed by atoms with van der Waals surface area (Å²) in [7, 11) is 0. The van der Waals surface area contributed by atoms with Crippen LogP contribution in [0, 0.1) is 6.92 Å². The standard InChI is InChI=1S/C19H25N3O/c1-4-20-13(3)11-21-19(23)16-10-18(14-6-7-14)22-17-8-5-12(2)9-15(16)17/h5,8-10,13-14,20H,4,6-7,11H2,1-3H3,(H,21,23)/t13-/m1/s1. The molecule has 1 heterocycles. The molecule has 0 saturated heterocycles. The highest BCUT2D eigenvalue weighted by Gasteiger charge is 2.27. The first-order valence-corrected chi connectivity index (χ1v) is 8.51. The maximum Gasteiger partial charge on any atom is 0.252 e. The Morgan fingerprint density at radius 2 is 2.13 bits per heavy atom. The molecular weight excluding hydrogens is 286 g/mol. The second-order valence-corrected chi connectivity index (χ2v) is 6.56. The van der Waals surface area contributed by atoms with Gasteiger partial charge in [0.1, 0.15) is 0 Å². The van der Waals surface area contributed by atoms with Crippen molar-refractivity contribution in [1.29, 1.82) is 0 Å². The van der Waals surface area contributed by atoms with E-state index in [1.165, 1.54) is 12.8 Å². The molecule has 3 rings (SSSR count). The molecule has 1 saturated carbocycles. The maximum atomic E-state index is 12.7. The summed E-state index contributed by atoms with van der Waals surface area (Å²) in [6.45, 7) is 7.72. The summed E-state index contributed by atoms with van der Waals surface area (Å²) in [5.41, 5.74) is 3.88. The fourth-order valence-electron chi connectivity index (χ4n) is 2.90. The lowest BCUT2D eigenvalue weighted by molar-refractivity contribution is 0.0951. The van der Waals surface area contributed by atoms with Crippen molar-refractivity contribution in [3.8, 4) is 0 Å². The van der Waals surface area contributed by atoms with Crippen LogP contribution in [0.4, 0.5) is 0 Å². The van der Waals surface area contributed by atoms with Gasteiger partial charge in [-0.15, -0.1) is 0 Å². The van der Waals surface area contributed by atoms with Crippen LogP contribution < -0.4 is 10.6 Å². The zero-order valence-corrected chi connectivity index (χ0v) is 14.1. The van der Waals surface area contributed by atoms with Gasteiger partial charge in [-0.2, -0.15) is 0 Å². The van der Waals surface area contributed by atoms with Crippen LogP contribution in [-0.2, 0) is 0 Å². The lowest BCUT2D eigenvalue weighted by Crippen LogP contribution is -2.38. The highest BCUT2D eigenvalue weighted by atomic mass is 16.1. The average molecular weight is 311 g/mol. The Morgan fingerprint density at radius 1 is 1.35 bits per heavy atom. The lowest BCUT2D eigenvalue weighted by Gasteiger charge is -2.15. The molecule has 122 valence electrons. The van der Waals surface area contributed by atoms with E-state index in [0.717, 1.165) is 34.3 Å². The highest BCUT2D eigenvalue weighted by molar-refractivity contribution is 6.06. The first-order chi connectivity index (χ1) is 11.1. The van der Waals surface area contributed by atoms with Crippen molar-refractivity contribution in [1.82, 2.24) is 15.6 Å². The molecule has 0 aliphatic heterocycles. The molecule has 2 aromatic rings. The number of carbonyl (C=O) groups excluding carboxylic acids is 1. The number of carbonyl (C=O) groups is 1. The predicted octanol–water partition coefficient (Wildman–Crippen LogP) is 3.15. The van der Waals surface area contributed by atoms with Gasteiger partial charge in [0, 0.05) is 29.6 Å². The number of aromatic nitrogens is 1. The molecular formula is C19H25N3O. The van der Waals surface area contributed by atoms with E-state index >= 15 is 0 Å². The number of fused-ring (bicyclic) bond motifs is 1. The summed E-state index contributed by atoms with van der Waals surface area (Å²) < 4.78 is 0. The number of hydrogen-bond acceptors (Lipinski definition) is 3. The van der Waals surface area contributed by atoms with Crippen molar-refractivity contribution in [2.75, 3.05) is 13.1 Å². The minimum Gasteiger partial charge on any atom is -0.350 e. The van der Waals surface area contributed by atoms with Crippen LogP contribution >= 0.6 is 0 Å². The third-order valence-corrected chi connectivity index (χ3v) is 4.35. The van der Waals surface area contributed by atoms with Crippen molar-refractivity contribution in [3.63, 3.8) is 0 Å². The van der Waals surface area contributed by atoms with Crippen LogP contribution in [0.1, 0.15) is 54.2 Å². The third kappa shape index (κ3) is 3.70. The Kier molecular flexibility index (Phi) is 4.62. The minimum atomic E-state index is -0.00495. The van der Waals surface area contributed by atoms with Crippen LogP contribution in [0.15, 0.2) is 24.3 Å². The molecule has 0 bridgehead atoms. The average Bonchev–Trinajstić information content (AvgIpc) is 3.37. The highest BCUT2D eigenvalue weighted by Crippen LogP contribution is 2.40. The van der Waals surface area contributed by atoms with Crippen molar-refractivity contribution in [2.24, 2.45) is 0 Å². The van der Waals surface area contributed by atoms with Gasteiger partial charge in [-0.1, -0.05) is 18.6 Å². The Labute approximate surface area is 137 Å². The molecule has 0 radical (unpaired) electrons. The molecule has 1 aliphatic carbocycles. The largest absolute Gasteiger partial charge is 0.350 e. The maximum absolute atomic E-state index is 12.7. The first kappa shape index (κ1) is 15.9. The normalized spacial score (nSPS) is 15.6. The molecule has 0 unspecified atom stereocenters. The molecule has 1 aromatic carbocycles. The van der Waals surface area contributed by atoms with Gasteiger partial charge in [-0.05, 0) is 51.4 Å². The Hall–Kier alpha value is -1.94. The quantitative estimate of drug-likeness (QED) is 0.861. The second-order valence-electron chi connectivity index (χ2n) is 6.56. The van der Waals surface area contributed by atoms with E-state index in [1.54, 1.807) is 0 Å². The molecule has 0 spiro atoms. The van der Waals surface area contributed by atoms with E-state index in [-0.39, 0.29) is 11.9 Å². The topological polar surface area (TPSA) is 54.0 Å². The number of aryl methyl sites for hydroxylation is 1. The molecule has 2 N–H and O–H groups in total. The smallest absolute Gasteiger partial charge is 0.252 e. The van der Waals surface area contributed by atoms with Gasteiger partial charge in [-0.25, -0.2) is 0 Å². The summed E-state index contributed by atoms with van der Waals surface area (Å²) >= 11 is 0. The van der Waals surface area contributed by atoms with Crippen LogP contribution in [0.25, 0.3) is 10.9 Å². The SMILES string of the molecule is CCN[C@H](C)CNC(=O)c1cc(C2CC2)nc2ccc(C)cc12. The van der Waals surface area contributed by atoms with E-state index in [4.69, 9.17) is 4.98 Å². The van der Waals surface area contributed by atoms with Gasteiger partial charge in [-0.3, -0.25) is 9.78 Å². The summed E-state index contributed by atoms with van der Waals surface area (Å²) in [5.74, 6) is 0.530. The van der Waals surface area contributed by atoms with Gasteiger partial charge >= 0.3 is 0 Å². The van der Waals surface area contributed by atoms with E-state index in [2.05, 4.69) is 36.6 Å². The minimum absolute atomic E-state index is 0.00495. The number of benzene rings is 1. The van der Waals surface area contributed by atoms with Crippen LogP contribution in [0.2, 0.25) is 0 Å². The van der Waals surface area contributed by atoms with Crippen molar-refractivity contribution in [2.45, 2.75) is 45.6 Å². The fraction of sp³-hybridized carbons (Fsp3) is 0.474. The third-order valence-electron chi connectivity index (χ3n) is 4.35. The zero-order valence-electron chi connectivity index (χ0n) is 14.1. The van der Waals surface area contributed by atoms with Crippen molar-refractivity contribution >= 4 is 16.8 Å². The Bertz CT molecular complexity index is 722. The van der Waals surface area contributed by atoms with Gasteiger partial charge in [0.15, 0.2) is 0 Å². The lowest BCUT2D eigenvalue weighted by atomic mass is 10.0. The van der Waals surface area contributed by atoms with Gasteiger partial charge < -0.3 is 10.6 Å². The zero-order chi connectivity index (χ0) is 16.4. The summed E-state index contributed by atoms with van der Waals surface area (Å²) in [5, 5.41) is 7.31. The molecule has 4 nitrogen and oxygen atoms in total. The number of likely N-dealkylation sites (N-methyl/N-ethyl adjacent to an activating group) is 1. The number of rotatable bonds is 6. The molecule has 1 aromatic heterocycles. The molecule has 1 aliphatic rings. The number of amides is 1. The summed E-state index contributed by atoms with van der Waals surface area (Å²) in [6.07, 6.45) is 2.37. The van der Waals surface area contributed by atoms with Gasteiger partial charge in [0.2, 0.25) is 0 Å². The van der Waals surface area contributed by atoms with Crippen LogP contribution in [0.3, 0.4) is 0 Å². The Balaban J connectivity index is 1.90. The van der Waals surface area contributed by atoms with E-state index in [0.29, 0.717) is 12.5 Å². The van der Waals surface area contributed by atoms with E-state index < -0.39 is 0 Å². The number of hydrogen-bond donors (Lipinski definition) is 2. The van der Waals surface area contributed by atoms with E-state index in [9.17, 15) is 4.79 Å². The first-order valence-electron chi connectivity index (χ1n) is 8.51. The second kappa shape index (κ2) is 6.67. The van der Waals surface area contributed by atoms with Crippen molar-refractivity contribution < 1.29 is 4.79 Å².